The summed E-state index contributed by atoms with van der Waals surface area (Å²) in [5.74, 6) is 0. The molecule has 1 aromatic rings. The van der Waals surface area contributed by atoms with E-state index in [1.54, 1.807) is 0 Å². The second kappa shape index (κ2) is 5.47. The molecule has 1 saturated heterocycles. The summed E-state index contributed by atoms with van der Waals surface area (Å²) in [5, 5.41) is 18.1. The topological polar surface area (TPSA) is 81.4 Å². The first kappa shape index (κ1) is 14.3. The fraction of sp³-hybridized carbons (Fsp3) is 0.417. The molecular formula is C12H13ClN2O3S. The second-order valence-corrected chi connectivity index (χ2v) is 6.65. The minimum absolute atomic E-state index is 0.0526. The van der Waals surface area contributed by atoms with Gasteiger partial charge in [-0.1, -0.05) is 11.6 Å². The average Bonchev–Trinajstić information content (AvgIpc) is 2.87. The van der Waals surface area contributed by atoms with Crippen molar-refractivity contribution in [3.8, 4) is 6.07 Å². The number of sulfonamides is 1. The number of nitriles is 1. The maximum atomic E-state index is 12.4. The first-order valence-corrected chi connectivity index (χ1v) is 7.65. The lowest BCUT2D eigenvalue weighted by Gasteiger charge is -2.22. The fourth-order valence-corrected chi connectivity index (χ4v) is 4.19. The van der Waals surface area contributed by atoms with Crippen LogP contribution in [0.25, 0.3) is 0 Å². The van der Waals surface area contributed by atoms with Gasteiger partial charge in [0.05, 0.1) is 22.1 Å². The van der Waals surface area contributed by atoms with Gasteiger partial charge in [-0.2, -0.15) is 9.57 Å². The third-order valence-corrected chi connectivity index (χ3v) is 5.46. The quantitative estimate of drug-likeness (QED) is 0.914. The van der Waals surface area contributed by atoms with Gasteiger partial charge in [-0.3, -0.25) is 0 Å². The van der Waals surface area contributed by atoms with Gasteiger partial charge in [0, 0.05) is 12.6 Å². The Kier molecular flexibility index (Phi) is 4.11. The number of aliphatic hydroxyl groups excluding tert-OH is 1. The average molecular weight is 301 g/mol. The number of rotatable bonds is 3. The molecule has 19 heavy (non-hydrogen) atoms. The zero-order valence-corrected chi connectivity index (χ0v) is 11.7. The molecule has 1 fully saturated rings. The number of hydrogen-bond acceptors (Lipinski definition) is 4. The van der Waals surface area contributed by atoms with Crippen LogP contribution in [-0.2, 0) is 10.0 Å². The largest absolute Gasteiger partial charge is 0.395 e. The molecule has 1 N–H and O–H groups in total. The van der Waals surface area contributed by atoms with Crippen molar-refractivity contribution in [1.29, 1.82) is 5.26 Å². The van der Waals surface area contributed by atoms with E-state index in [4.69, 9.17) is 16.9 Å². The van der Waals surface area contributed by atoms with E-state index in [0.29, 0.717) is 13.0 Å². The standard InChI is InChI=1S/C12H13ClN2O3S/c13-12-6-11(4-3-9(12)7-14)19(17,18)15-5-1-2-10(15)8-16/h3-4,6,10,16H,1-2,5,8H2. The highest BCUT2D eigenvalue weighted by Gasteiger charge is 2.34. The summed E-state index contributed by atoms with van der Waals surface area (Å²) in [6, 6.07) is 5.54. The SMILES string of the molecule is N#Cc1ccc(S(=O)(=O)N2CCCC2CO)cc1Cl. The van der Waals surface area contributed by atoms with Crippen LogP contribution < -0.4 is 0 Å². The Morgan fingerprint density at radius 1 is 1.53 bits per heavy atom. The van der Waals surface area contributed by atoms with Crippen LogP contribution in [0, 0.1) is 11.3 Å². The Labute approximate surface area is 117 Å². The minimum Gasteiger partial charge on any atom is -0.395 e. The van der Waals surface area contributed by atoms with Crippen molar-refractivity contribution in [2.24, 2.45) is 0 Å². The zero-order valence-electron chi connectivity index (χ0n) is 10.1. The molecule has 1 unspecified atom stereocenters. The molecule has 2 rings (SSSR count). The smallest absolute Gasteiger partial charge is 0.243 e. The first-order chi connectivity index (χ1) is 9.00. The van der Waals surface area contributed by atoms with E-state index in [1.165, 1.54) is 22.5 Å². The number of hydrogen-bond donors (Lipinski definition) is 1. The molecule has 5 nitrogen and oxygen atoms in total. The first-order valence-electron chi connectivity index (χ1n) is 5.83. The molecule has 1 aromatic carbocycles. The summed E-state index contributed by atoms with van der Waals surface area (Å²) in [4.78, 5) is 0.0526. The van der Waals surface area contributed by atoms with Crippen LogP contribution in [0.5, 0.6) is 0 Å². The summed E-state index contributed by atoms with van der Waals surface area (Å²) in [6.07, 6.45) is 1.38. The molecular weight excluding hydrogens is 288 g/mol. The van der Waals surface area contributed by atoms with Crippen LogP contribution in [0.1, 0.15) is 18.4 Å². The van der Waals surface area contributed by atoms with Gasteiger partial charge in [-0.05, 0) is 31.0 Å². The molecule has 0 radical (unpaired) electrons. The molecule has 0 spiro atoms. The lowest BCUT2D eigenvalue weighted by Crippen LogP contribution is -2.37. The van der Waals surface area contributed by atoms with E-state index in [0.717, 1.165) is 6.42 Å². The Balaban J connectivity index is 2.40. The van der Waals surface area contributed by atoms with Gasteiger partial charge < -0.3 is 5.11 Å². The van der Waals surface area contributed by atoms with Crippen LogP contribution in [0.15, 0.2) is 23.1 Å². The van der Waals surface area contributed by atoms with Crippen molar-refractivity contribution in [2.75, 3.05) is 13.2 Å². The fourth-order valence-electron chi connectivity index (χ4n) is 2.19. The van der Waals surface area contributed by atoms with E-state index >= 15 is 0 Å². The Bertz CT molecular complexity index is 624. The molecule has 7 heteroatoms. The van der Waals surface area contributed by atoms with Gasteiger partial charge in [-0.15, -0.1) is 0 Å². The van der Waals surface area contributed by atoms with Crippen LogP contribution in [0.3, 0.4) is 0 Å². The normalized spacial score (nSPS) is 20.4. The molecule has 0 aliphatic carbocycles. The van der Waals surface area contributed by atoms with Crippen molar-refractivity contribution < 1.29 is 13.5 Å². The highest BCUT2D eigenvalue weighted by atomic mass is 35.5. The van der Waals surface area contributed by atoms with Crippen molar-refractivity contribution >= 4 is 21.6 Å². The number of benzene rings is 1. The van der Waals surface area contributed by atoms with Gasteiger partial charge >= 0.3 is 0 Å². The van der Waals surface area contributed by atoms with Crippen molar-refractivity contribution in [3.63, 3.8) is 0 Å². The Hall–Kier alpha value is -1.13. The molecule has 1 atom stereocenters. The molecule has 1 aliphatic heterocycles. The van der Waals surface area contributed by atoms with E-state index in [-0.39, 0.29) is 28.1 Å². The molecule has 0 bridgehead atoms. The van der Waals surface area contributed by atoms with Gasteiger partial charge in [0.15, 0.2) is 0 Å². The summed E-state index contributed by atoms with van der Waals surface area (Å²) >= 11 is 5.86. The predicted molar refractivity (Wildman–Crippen MR) is 70.2 cm³/mol. The molecule has 0 amide bonds. The minimum atomic E-state index is -3.67. The van der Waals surface area contributed by atoms with Gasteiger partial charge in [0.25, 0.3) is 0 Å². The van der Waals surface area contributed by atoms with Crippen molar-refractivity contribution in [3.05, 3.63) is 28.8 Å². The van der Waals surface area contributed by atoms with Crippen molar-refractivity contribution in [2.45, 2.75) is 23.8 Å². The van der Waals surface area contributed by atoms with Crippen LogP contribution in [0.2, 0.25) is 5.02 Å². The summed E-state index contributed by atoms with van der Waals surface area (Å²) in [5.41, 5.74) is 0.237. The van der Waals surface area contributed by atoms with E-state index in [1.807, 2.05) is 6.07 Å². The summed E-state index contributed by atoms with van der Waals surface area (Å²) < 4.78 is 26.2. The monoisotopic (exact) mass is 300 g/mol. The van der Waals surface area contributed by atoms with E-state index < -0.39 is 10.0 Å². The van der Waals surface area contributed by atoms with Crippen LogP contribution in [-0.4, -0.2) is 37.0 Å². The van der Waals surface area contributed by atoms with E-state index in [2.05, 4.69) is 0 Å². The van der Waals surface area contributed by atoms with Crippen LogP contribution in [0.4, 0.5) is 0 Å². The van der Waals surface area contributed by atoms with Gasteiger partial charge in [-0.25, -0.2) is 8.42 Å². The van der Waals surface area contributed by atoms with E-state index in [9.17, 15) is 13.5 Å². The highest BCUT2D eigenvalue weighted by molar-refractivity contribution is 7.89. The van der Waals surface area contributed by atoms with Gasteiger partial charge in [0.1, 0.15) is 6.07 Å². The van der Waals surface area contributed by atoms with Crippen molar-refractivity contribution in [1.82, 2.24) is 4.31 Å². The predicted octanol–water partition coefficient (Wildman–Crippen LogP) is 1.36. The second-order valence-electron chi connectivity index (χ2n) is 4.35. The molecule has 1 heterocycles. The molecule has 0 saturated carbocycles. The molecule has 0 aromatic heterocycles. The lowest BCUT2D eigenvalue weighted by atomic mass is 10.2. The van der Waals surface area contributed by atoms with Crippen LogP contribution >= 0.6 is 11.6 Å². The lowest BCUT2D eigenvalue weighted by molar-refractivity contribution is 0.213. The third kappa shape index (κ3) is 2.60. The zero-order chi connectivity index (χ0) is 14.0. The molecule has 102 valence electrons. The summed E-state index contributed by atoms with van der Waals surface area (Å²) in [6.45, 7) is 0.203. The molecule has 1 aliphatic rings. The third-order valence-electron chi connectivity index (χ3n) is 3.20. The number of halogens is 1. The summed E-state index contributed by atoms with van der Waals surface area (Å²) in [7, 11) is -3.67. The maximum Gasteiger partial charge on any atom is 0.243 e. The maximum absolute atomic E-state index is 12.4. The number of nitrogens with zero attached hydrogens (tertiary/aromatic N) is 2. The number of aliphatic hydroxyl groups is 1. The highest BCUT2D eigenvalue weighted by Crippen LogP contribution is 2.28. The Morgan fingerprint density at radius 3 is 2.84 bits per heavy atom. The van der Waals surface area contributed by atoms with Gasteiger partial charge in [0.2, 0.25) is 10.0 Å². The Morgan fingerprint density at radius 2 is 2.26 bits per heavy atom.